The lowest BCUT2D eigenvalue weighted by Gasteiger charge is -2.50. The maximum absolute atomic E-state index is 15.3. The van der Waals surface area contributed by atoms with Gasteiger partial charge < -0.3 is 14.9 Å². The highest BCUT2D eigenvalue weighted by molar-refractivity contribution is 6.32. The number of nitrogens with zero attached hydrogens (tertiary/aromatic N) is 2. The van der Waals surface area contributed by atoms with E-state index < -0.39 is 64.6 Å². The first-order valence-corrected chi connectivity index (χ1v) is 17.6. The van der Waals surface area contributed by atoms with E-state index in [0.717, 1.165) is 15.5 Å². The fraction of sp³-hybridized carbons (Fsp3) is 0.244. The Hall–Kier alpha value is -5.94. The van der Waals surface area contributed by atoms with Crippen molar-refractivity contribution >= 4 is 52.6 Å². The Bertz CT molecular complexity index is 2260. The molecule has 11 nitrogen and oxygen atoms in total. The first-order valence-electron chi connectivity index (χ1n) is 17.2. The number of nitrogens with one attached hydrogen (secondary N) is 1. The lowest BCUT2D eigenvalue weighted by Crippen LogP contribution is -2.53. The number of hydrogen-bond donors (Lipinski definition) is 3. The highest BCUT2D eigenvalue weighted by Crippen LogP contribution is 2.64. The molecule has 4 aromatic carbocycles. The Morgan fingerprint density at radius 3 is 2.34 bits per heavy atom. The zero-order chi connectivity index (χ0) is 37.3. The number of allylic oxidation sites excluding steroid dienone is 2. The van der Waals surface area contributed by atoms with Crippen molar-refractivity contribution in [2.45, 2.75) is 31.1 Å². The second kappa shape index (κ2) is 12.6. The SMILES string of the molecule is COc1cc([C@H]2C3=CC[C@@H]4C(=O)N(c5cccc(C(=O)O)c5)C(=O)[C@@H]4[C@@H]3C[C@H]3C(=O)N(Nc4ccc(C)cc4)C(=O)[C@@]23c2ccccc2)cc(Cl)c1O. The topological polar surface area (TPSA) is 154 Å². The highest BCUT2D eigenvalue weighted by Gasteiger charge is 2.70. The molecule has 4 aliphatic rings. The van der Waals surface area contributed by atoms with Crippen LogP contribution in [0.4, 0.5) is 11.4 Å². The molecule has 0 aromatic heterocycles. The highest BCUT2D eigenvalue weighted by atomic mass is 35.5. The number of carbonyl (C=O) groups is 5. The Labute approximate surface area is 309 Å². The minimum atomic E-state index is -1.54. The molecule has 2 aliphatic carbocycles. The Kier molecular flexibility index (Phi) is 8.14. The molecule has 268 valence electrons. The monoisotopic (exact) mass is 731 g/mol. The van der Waals surface area contributed by atoms with E-state index in [9.17, 15) is 29.4 Å². The largest absolute Gasteiger partial charge is 0.503 e. The van der Waals surface area contributed by atoms with Crippen LogP contribution in [0.1, 0.15) is 45.8 Å². The minimum absolute atomic E-state index is 0.0291. The van der Waals surface area contributed by atoms with Crippen molar-refractivity contribution in [1.82, 2.24) is 5.01 Å². The summed E-state index contributed by atoms with van der Waals surface area (Å²) in [7, 11) is 1.38. The van der Waals surface area contributed by atoms with Crippen LogP contribution in [-0.4, -0.2) is 51.9 Å². The van der Waals surface area contributed by atoms with Crippen LogP contribution in [0.3, 0.4) is 0 Å². The molecule has 12 heteroatoms. The molecule has 0 radical (unpaired) electrons. The fourth-order valence-corrected chi connectivity index (χ4v) is 9.29. The number of anilines is 2. The van der Waals surface area contributed by atoms with Gasteiger partial charge in [-0.05, 0) is 79.3 Å². The average molecular weight is 732 g/mol. The number of phenols is 1. The van der Waals surface area contributed by atoms with Gasteiger partial charge in [-0.15, -0.1) is 0 Å². The summed E-state index contributed by atoms with van der Waals surface area (Å²) in [6.45, 7) is 1.93. The molecule has 3 N–H and O–H groups in total. The quantitative estimate of drug-likeness (QED) is 0.148. The molecule has 2 heterocycles. The van der Waals surface area contributed by atoms with Crippen LogP contribution in [0.2, 0.25) is 5.02 Å². The molecule has 6 atom stereocenters. The van der Waals surface area contributed by atoms with Crippen molar-refractivity contribution in [3.8, 4) is 11.5 Å². The number of halogens is 1. The van der Waals surface area contributed by atoms with Crippen molar-refractivity contribution in [1.29, 1.82) is 0 Å². The van der Waals surface area contributed by atoms with E-state index in [1.54, 1.807) is 36.4 Å². The molecule has 3 fully saturated rings. The summed E-state index contributed by atoms with van der Waals surface area (Å²) in [5, 5.41) is 21.5. The third-order valence-electron chi connectivity index (χ3n) is 11.3. The van der Waals surface area contributed by atoms with Gasteiger partial charge in [0.05, 0.1) is 52.2 Å². The van der Waals surface area contributed by atoms with Crippen molar-refractivity contribution < 1.29 is 38.9 Å². The third kappa shape index (κ3) is 5.05. The number of aromatic carboxylic acids is 1. The lowest BCUT2D eigenvalue weighted by atomic mass is 9.49. The fourth-order valence-electron chi connectivity index (χ4n) is 9.07. The lowest BCUT2D eigenvalue weighted by molar-refractivity contribution is -0.138. The number of fused-ring (bicyclic) bond motifs is 4. The number of rotatable bonds is 7. The number of ether oxygens (including phenoxy) is 1. The minimum Gasteiger partial charge on any atom is -0.503 e. The van der Waals surface area contributed by atoms with Crippen LogP contribution in [0, 0.1) is 30.6 Å². The number of hydrazine groups is 1. The van der Waals surface area contributed by atoms with Gasteiger partial charge in [-0.2, -0.15) is 5.01 Å². The second-order valence-corrected chi connectivity index (χ2v) is 14.4. The normalized spacial score (nSPS) is 26.2. The molecule has 1 saturated carbocycles. The van der Waals surface area contributed by atoms with Gasteiger partial charge in [0.25, 0.3) is 11.8 Å². The van der Waals surface area contributed by atoms with E-state index in [1.807, 2.05) is 43.3 Å². The molecular weight excluding hydrogens is 698 g/mol. The van der Waals surface area contributed by atoms with Gasteiger partial charge >= 0.3 is 5.97 Å². The zero-order valence-corrected chi connectivity index (χ0v) is 29.4. The maximum atomic E-state index is 15.3. The van der Waals surface area contributed by atoms with Gasteiger partial charge in [-0.1, -0.05) is 77.3 Å². The number of hydrogen-bond acceptors (Lipinski definition) is 8. The van der Waals surface area contributed by atoms with Gasteiger partial charge in [0.15, 0.2) is 11.5 Å². The van der Waals surface area contributed by atoms with Crippen LogP contribution in [-0.2, 0) is 24.6 Å². The van der Waals surface area contributed by atoms with Crippen LogP contribution >= 0.6 is 11.6 Å². The van der Waals surface area contributed by atoms with Gasteiger partial charge in [-0.3, -0.25) is 29.5 Å². The van der Waals surface area contributed by atoms with Crippen molar-refractivity contribution in [3.05, 3.63) is 130 Å². The zero-order valence-electron chi connectivity index (χ0n) is 28.7. The molecule has 2 saturated heterocycles. The van der Waals surface area contributed by atoms with Crippen LogP contribution < -0.4 is 15.1 Å². The number of carboxylic acid groups (broad SMARTS) is 1. The first-order chi connectivity index (χ1) is 25.5. The third-order valence-corrected chi connectivity index (χ3v) is 11.6. The summed E-state index contributed by atoms with van der Waals surface area (Å²) in [5.74, 6) is -7.63. The molecule has 8 rings (SSSR count). The second-order valence-electron chi connectivity index (χ2n) is 14.0. The van der Waals surface area contributed by atoms with E-state index in [0.29, 0.717) is 22.4 Å². The molecule has 0 spiro atoms. The summed E-state index contributed by atoms with van der Waals surface area (Å²) in [6.07, 6.45) is 2.14. The average Bonchev–Trinajstić information content (AvgIpc) is 3.54. The molecule has 4 aromatic rings. The summed E-state index contributed by atoms with van der Waals surface area (Å²) in [5.41, 5.74) is 4.87. The van der Waals surface area contributed by atoms with Gasteiger partial charge in [0.1, 0.15) is 0 Å². The number of carboxylic acids is 1. The van der Waals surface area contributed by atoms with E-state index in [-0.39, 0.29) is 40.6 Å². The summed E-state index contributed by atoms with van der Waals surface area (Å²) >= 11 is 6.62. The van der Waals surface area contributed by atoms with Gasteiger partial charge in [0.2, 0.25) is 11.8 Å². The number of methoxy groups -OCH3 is 1. The van der Waals surface area contributed by atoms with E-state index in [1.165, 1.54) is 31.4 Å². The summed E-state index contributed by atoms with van der Waals surface area (Å²) in [4.78, 5) is 71.6. The predicted molar refractivity (Wildman–Crippen MR) is 194 cm³/mol. The predicted octanol–water partition coefficient (Wildman–Crippen LogP) is 6.25. The van der Waals surface area contributed by atoms with Crippen molar-refractivity contribution in [2.24, 2.45) is 23.7 Å². The maximum Gasteiger partial charge on any atom is 0.335 e. The Morgan fingerprint density at radius 2 is 1.64 bits per heavy atom. The van der Waals surface area contributed by atoms with Crippen LogP contribution in [0.25, 0.3) is 0 Å². The van der Waals surface area contributed by atoms with E-state index in [4.69, 9.17) is 16.3 Å². The standard InChI is InChI=1S/C41H34ClN3O8/c1-21-11-13-25(14-12-21)43-45-37(48)30-20-29-27(15-16-28-33(29)38(49)44(36(28)47)26-10-6-7-22(17-26)39(50)51)34(23-18-31(42)35(46)32(19-23)53-2)41(30,40(45)52)24-8-4-3-5-9-24/h3-15,17-19,28-30,33-34,43,46H,16,20H2,1-2H3,(H,50,51)/t28-,29+,30-,33-,34-,41+/m0/s1. The number of aromatic hydroxyl groups is 1. The van der Waals surface area contributed by atoms with E-state index >= 15 is 4.79 Å². The number of aryl methyl sites for hydroxylation is 1. The number of benzene rings is 4. The van der Waals surface area contributed by atoms with Crippen LogP contribution in [0.15, 0.2) is 103 Å². The molecule has 0 bridgehead atoms. The first kappa shape index (κ1) is 34.2. The number of carbonyl (C=O) groups excluding carboxylic acids is 4. The summed E-state index contributed by atoms with van der Waals surface area (Å²) in [6, 6.07) is 25.2. The Balaban J connectivity index is 1.33. The Morgan fingerprint density at radius 1 is 0.906 bits per heavy atom. The number of imide groups is 2. The number of phenolic OH excluding ortho intramolecular Hbond substituents is 1. The smallest absolute Gasteiger partial charge is 0.335 e. The molecule has 4 amide bonds. The van der Waals surface area contributed by atoms with E-state index in [2.05, 4.69) is 5.43 Å². The molecule has 2 aliphatic heterocycles. The van der Waals surface area contributed by atoms with Crippen molar-refractivity contribution in [3.63, 3.8) is 0 Å². The number of amides is 4. The summed E-state index contributed by atoms with van der Waals surface area (Å²) < 4.78 is 5.52. The molecule has 0 unspecified atom stereocenters. The van der Waals surface area contributed by atoms with Gasteiger partial charge in [0, 0.05) is 5.92 Å². The van der Waals surface area contributed by atoms with Gasteiger partial charge in [-0.25, -0.2) is 4.79 Å². The van der Waals surface area contributed by atoms with Crippen molar-refractivity contribution in [2.75, 3.05) is 17.4 Å². The molecular formula is C41H34ClN3O8. The molecule has 53 heavy (non-hydrogen) atoms. The van der Waals surface area contributed by atoms with Crippen LogP contribution in [0.5, 0.6) is 11.5 Å².